The molecule has 168 valence electrons. The van der Waals surface area contributed by atoms with Crippen molar-refractivity contribution in [2.24, 2.45) is 5.41 Å². The molecule has 0 aliphatic carbocycles. The molecule has 0 spiro atoms. The first-order chi connectivity index (χ1) is 15.2. The molecule has 0 aliphatic heterocycles. The van der Waals surface area contributed by atoms with E-state index in [-0.39, 0.29) is 11.5 Å². The predicted molar refractivity (Wildman–Crippen MR) is 118 cm³/mol. The number of nitrogens with one attached hydrogen (secondary N) is 1. The highest BCUT2D eigenvalue weighted by molar-refractivity contribution is 5.84. The SMILES string of the molecule is COc1ccc([C@H](OC(=O)Nc2ccc(C#N)cc2)C(C)(C)CC/C=C/C(=O)O)cc1O. The van der Waals surface area contributed by atoms with Crippen LogP contribution in [0.2, 0.25) is 0 Å². The van der Waals surface area contributed by atoms with Gasteiger partial charge in [0.25, 0.3) is 0 Å². The molecular formula is C24H26N2O6. The molecule has 0 aromatic heterocycles. The summed E-state index contributed by atoms with van der Waals surface area (Å²) in [5.41, 5.74) is 0.885. The molecule has 32 heavy (non-hydrogen) atoms. The molecule has 2 aromatic carbocycles. The van der Waals surface area contributed by atoms with Crippen LogP contribution in [0.1, 0.15) is 43.9 Å². The highest BCUT2D eigenvalue weighted by Gasteiger charge is 2.34. The Bertz CT molecular complexity index is 1020. The first kappa shape index (κ1) is 24.3. The van der Waals surface area contributed by atoms with Crippen LogP contribution in [-0.2, 0) is 9.53 Å². The molecular weight excluding hydrogens is 412 g/mol. The number of allylic oxidation sites excluding steroid dienone is 1. The molecule has 0 unspecified atom stereocenters. The lowest BCUT2D eigenvalue weighted by Crippen LogP contribution is -2.29. The summed E-state index contributed by atoms with van der Waals surface area (Å²) in [7, 11) is 1.44. The van der Waals surface area contributed by atoms with E-state index in [2.05, 4.69) is 5.32 Å². The van der Waals surface area contributed by atoms with Crippen molar-refractivity contribution in [3.05, 3.63) is 65.7 Å². The van der Waals surface area contributed by atoms with Crippen molar-refractivity contribution in [3.8, 4) is 17.6 Å². The number of anilines is 1. The minimum absolute atomic E-state index is 0.0901. The molecule has 0 radical (unpaired) electrons. The van der Waals surface area contributed by atoms with Gasteiger partial charge in [-0.25, -0.2) is 9.59 Å². The minimum atomic E-state index is -1.03. The Balaban J connectivity index is 2.25. The normalized spacial score (nSPS) is 12.1. The molecule has 2 rings (SSSR count). The number of hydrogen-bond acceptors (Lipinski definition) is 6. The van der Waals surface area contributed by atoms with E-state index in [0.29, 0.717) is 29.7 Å². The zero-order chi connectivity index (χ0) is 23.7. The van der Waals surface area contributed by atoms with Crippen LogP contribution in [0.4, 0.5) is 10.5 Å². The molecule has 3 N–H and O–H groups in total. The number of methoxy groups -OCH3 is 1. The number of ether oxygens (including phenoxy) is 2. The van der Waals surface area contributed by atoms with Gasteiger partial charge >= 0.3 is 12.1 Å². The van der Waals surface area contributed by atoms with E-state index in [4.69, 9.17) is 19.8 Å². The van der Waals surface area contributed by atoms with Gasteiger partial charge in [-0.05, 0) is 54.8 Å². The summed E-state index contributed by atoms with van der Waals surface area (Å²) in [5.74, 6) is -0.832. The van der Waals surface area contributed by atoms with Gasteiger partial charge in [0.15, 0.2) is 11.5 Å². The summed E-state index contributed by atoms with van der Waals surface area (Å²) in [6.07, 6.45) is 2.13. The van der Waals surface area contributed by atoms with Crippen molar-refractivity contribution in [2.75, 3.05) is 12.4 Å². The van der Waals surface area contributed by atoms with Crippen molar-refractivity contribution < 1.29 is 29.3 Å². The summed E-state index contributed by atoms with van der Waals surface area (Å²) < 4.78 is 10.8. The number of nitrogens with zero attached hydrogens (tertiary/aromatic N) is 1. The Hall–Kier alpha value is -3.99. The molecule has 0 fully saturated rings. The average molecular weight is 438 g/mol. The van der Waals surface area contributed by atoms with E-state index in [1.54, 1.807) is 42.5 Å². The first-order valence-electron chi connectivity index (χ1n) is 9.90. The number of rotatable bonds is 9. The molecule has 0 aliphatic rings. The highest BCUT2D eigenvalue weighted by atomic mass is 16.6. The van der Waals surface area contributed by atoms with E-state index < -0.39 is 23.6 Å². The van der Waals surface area contributed by atoms with Gasteiger partial charge in [0.2, 0.25) is 0 Å². The van der Waals surface area contributed by atoms with Crippen molar-refractivity contribution in [2.45, 2.75) is 32.8 Å². The van der Waals surface area contributed by atoms with Gasteiger partial charge in [-0.1, -0.05) is 26.0 Å². The van der Waals surface area contributed by atoms with Crippen LogP contribution >= 0.6 is 0 Å². The fraction of sp³-hybridized carbons (Fsp3) is 0.292. The third kappa shape index (κ3) is 6.77. The number of amides is 1. The van der Waals surface area contributed by atoms with Gasteiger partial charge in [-0.3, -0.25) is 5.32 Å². The van der Waals surface area contributed by atoms with Crippen LogP contribution in [0.3, 0.4) is 0 Å². The second-order valence-electron chi connectivity index (χ2n) is 7.80. The van der Waals surface area contributed by atoms with Crippen molar-refractivity contribution in [3.63, 3.8) is 0 Å². The van der Waals surface area contributed by atoms with Gasteiger partial charge in [0.1, 0.15) is 6.10 Å². The molecule has 0 saturated heterocycles. The molecule has 0 bridgehead atoms. The van der Waals surface area contributed by atoms with Crippen LogP contribution in [0.25, 0.3) is 0 Å². The third-order valence-corrected chi connectivity index (χ3v) is 4.92. The summed E-state index contributed by atoms with van der Waals surface area (Å²) in [6.45, 7) is 3.78. The van der Waals surface area contributed by atoms with Gasteiger partial charge in [-0.2, -0.15) is 5.26 Å². The van der Waals surface area contributed by atoms with Crippen LogP contribution in [0.5, 0.6) is 11.5 Å². The maximum atomic E-state index is 12.6. The van der Waals surface area contributed by atoms with Crippen LogP contribution < -0.4 is 10.1 Å². The summed E-state index contributed by atoms with van der Waals surface area (Å²) in [6, 6.07) is 13.1. The Morgan fingerprint density at radius 1 is 1.22 bits per heavy atom. The number of aliphatic carboxylic acids is 1. The summed E-state index contributed by atoms with van der Waals surface area (Å²) in [5, 5.41) is 30.5. The Kier molecular flexibility index (Phi) is 8.24. The number of aromatic hydroxyl groups is 1. The Labute approximate surface area is 186 Å². The third-order valence-electron chi connectivity index (χ3n) is 4.92. The molecule has 0 saturated carbocycles. The number of carboxylic acid groups (broad SMARTS) is 1. The topological polar surface area (TPSA) is 129 Å². The Morgan fingerprint density at radius 3 is 2.47 bits per heavy atom. The molecule has 8 nitrogen and oxygen atoms in total. The molecule has 8 heteroatoms. The molecule has 0 heterocycles. The minimum Gasteiger partial charge on any atom is -0.504 e. The van der Waals surface area contributed by atoms with Crippen LogP contribution in [-0.4, -0.2) is 29.4 Å². The van der Waals surface area contributed by atoms with E-state index >= 15 is 0 Å². The number of carbonyl (C=O) groups excluding carboxylic acids is 1. The maximum Gasteiger partial charge on any atom is 0.412 e. The fourth-order valence-corrected chi connectivity index (χ4v) is 3.20. The van der Waals surface area contributed by atoms with E-state index in [9.17, 15) is 14.7 Å². The standard InChI is InChI=1S/C24H26N2O6/c1-24(2,13-5-4-6-21(28)29)22(17-9-12-20(31-3)19(27)14-17)32-23(30)26-18-10-7-16(15-25)8-11-18/h4,6-12,14,22,27H,5,13H2,1-3H3,(H,26,30)(H,28,29)/b6-4+/t22-/m0/s1. The first-order valence-corrected chi connectivity index (χ1v) is 9.90. The van der Waals surface area contributed by atoms with Crippen molar-refractivity contribution in [1.29, 1.82) is 5.26 Å². The number of nitriles is 1. The van der Waals surface area contributed by atoms with E-state index in [1.165, 1.54) is 13.2 Å². The smallest absolute Gasteiger partial charge is 0.412 e. The summed E-state index contributed by atoms with van der Waals surface area (Å²) >= 11 is 0. The Morgan fingerprint density at radius 2 is 1.91 bits per heavy atom. The van der Waals surface area contributed by atoms with Gasteiger partial charge < -0.3 is 19.7 Å². The maximum absolute atomic E-state index is 12.6. The molecule has 2 aromatic rings. The van der Waals surface area contributed by atoms with Crippen LogP contribution in [0, 0.1) is 16.7 Å². The van der Waals surface area contributed by atoms with Crippen LogP contribution in [0.15, 0.2) is 54.6 Å². The van der Waals surface area contributed by atoms with Gasteiger partial charge in [0, 0.05) is 17.2 Å². The van der Waals surface area contributed by atoms with Crippen molar-refractivity contribution >= 4 is 17.7 Å². The number of carboxylic acids is 1. The second kappa shape index (κ2) is 10.9. The number of carbonyl (C=O) groups is 2. The number of benzene rings is 2. The molecule has 1 amide bonds. The lowest BCUT2D eigenvalue weighted by Gasteiger charge is -2.34. The number of phenols is 1. The second-order valence-corrected chi connectivity index (χ2v) is 7.80. The lowest BCUT2D eigenvalue weighted by atomic mass is 9.78. The van der Waals surface area contributed by atoms with E-state index in [1.807, 2.05) is 19.9 Å². The average Bonchev–Trinajstić information content (AvgIpc) is 2.75. The van der Waals surface area contributed by atoms with Gasteiger partial charge in [0.05, 0.1) is 18.7 Å². The fourth-order valence-electron chi connectivity index (χ4n) is 3.20. The quantitative estimate of drug-likeness (QED) is 0.469. The highest BCUT2D eigenvalue weighted by Crippen LogP contribution is 2.42. The molecule has 1 atom stereocenters. The zero-order valence-electron chi connectivity index (χ0n) is 18.2. The number of hydrogen-bond donors (Lipinski definition) is 3. The lowest BCUT2D eigenvalue weighted by molar-refractivity contribution is -0.131. The monoisotopic (exact) mass is 438 g/mol. The zero-order valence-corrected chi connectivity index (χ0v) is 18.2. The summed E-state index contributed by atoms with van der Waals surface area (Å²) in [4.78, 5) is 23.4. The predicted octanol–water partition coefficient (Wildman–Crippen LogP) is 5.01. The number of phenolic OH excluding ortho intramolecular Hbond substituents is 1. The van der Waals surface area contributed by atoms with Gasteiger partial charge in [-0.15, -0.1) is 0 Å². The van der Waals surface area contributed by atoms with E-state index in [0.717, 1.165) is 6.08 Å². The largest absolute Gasteiger partial charge is 0.504 e. The van der Waals surface area contributed by atoms with Crippen molar-refractivity contribution in [1.82, 2.24) is 0 Å².